The van der Waals surface area contributed by atoms with E-state index < -0.39 is 0 Å². The second-order valence-electron chi connectivity index (χ2n) is 4.61. The Hall–Kier alpha value is -0.650. The highest BCUT2D eigenvalue weighted by Crippen LogP contribution is 2.17. The summed E-state index contributed by atoms with van der Waals surface area (Å²) in [6.07, 6.45) is 3.36. The van der Waals surface area contributed by atoms with E-state index in [-0.39, 0.29) is 18.1 Å². The molecule has 92 valence electrons. The zero-order valence-corrected chi connectivity index (χ0v) is 9.65. The number of likely N-dealkylation sites (tertiary alicyclic amines) is 1. The first-order valence-electron chi connectivity index (χ1n) is 6.13. The van der Waals surface area contributed by atoms with E-state index in [1.807, 2.05) is 0 Å². The van der Waals surface area contributed by atoms with Crippen LogP contribution < -0.4 is 11.1 Å². The van der Waals surface area contributed by atoms with Crippen LogP contribution in [0, 0.1) is 0 Å². The van der Waals surface area contributed by atoms with E-state index in [4.69, 9.17) is 10.5 Å². The molecule has 16 heavy (non-hydrogen) atoms. The molecule has 2 aliphatic rings. The van der Waals surface area contributed by atoms with Crippen LogP contribution >= 0.6 is 0 Å². The van der Waals surface area contributed by atoms with Gasteiger partial charge in [0.25, 0.3) is 0 Å². The minimum atomic E-state index is -0.191. The quantitative estimate of drug-likeness (QED) is 0.670. The highest BCUT2D eigenvalue weighted by molar-refractivity contribution is 5.79. The standard InChI is InChI=1S/C11H21N3O2/c12-11(15)10-3-1-2-5-14(10)8-9-7-13-4-6-16-9/h9-10,13H,1-8H2,(H2,12,15). The van der Waals surface area contributed by atoms with Gasteiger partial charge in [-0.05, 0) is 19.4 Å². The van der Waals surface area contributed by atoms with Crippen molar-refractivity contribution in [3.63, 3.8) is 0 Å². The van der Waals surface area contributed by atoms with Gasteiger partial charge in [0.15, 0.2) is 0 Å². The number of carbonyl (C=O) groups excluding carboxylic acids is 1. The molecule has 2 rings (SSSR count). The van der Waals surface area contributed by atoms with Gasteiger partial charge in [0, 0.05) is 19.6 Å². The van der Waals surface area contributed by atoms with Gasteiger partial charge in [-0.2, -0.15) is 0 Å². The van der Waals surface area contributed by atoms with E-state index in [9.17, 15) is 4.79 Å². The SMILES string of the molecule is NC(=O)C1CCCCN1CC1CNCCO1. The van der Waals surface area contributed by atoms with Crippen LogP contribution in [0.1, 0.15) is 19.3 Å². The van der Waals surface area contributed by atoms with E-state index in [0.717, 1.165) is 52.0 Å². The van der Waals surface area contributed by atoms with Crippen molar-refractivity contribution in [2.24, 2.45) is 5.73 Å². The van der Waals surface area contributed by atoms with E-state index in [0.29, 0.717) is 0 Å². The lowest BCUT2D eigenvalue weighted by Gasteiger charge is -2.37. The Morgan fingerprint density at radius 2 is 2.38 bits per heavy atom. The molecule has 5 heteroatoms. The minimum absolute atomic E-state index is 0.0840. The van der Waals surface area contributed by atoms with Gasteiger partial charge in [-0.3, -0.25) is 9.69 Å². The van der Waals surface area contributed by atoms with Crippen LogP contribution in [-0.4, -0.2) is 55.7 Å². The predicted octanol–water partition coefficient (Wildman–Crippen LogP) is -0.685. The molecule has 0 aliphatic carbocycles. The Balaban J connectivity index is 1.87. The zero-order chi connectivity index (χ0) is 11.4. The number of carbonyl (C=O) groups is 1. The lowest BCUT2D eigenvalue weighted by molar-refractivity contribution is -0.125. The third-order valence-corrected chi connectivity index (χ3v) is 3.38. The fourth-order valence-corrected chi connectivity index (χ4v) is 2.53. The van der Waals surface area contributed by atoms with E-state index in [1.165, 1.54) is 0 Å². The number of ether oxygens (including phenoxy) is 1. The lowest BCUT2D eigenvalue weighted by Crippen LogP contribution is -2.53. The number of nitrogens with two attached hydrogens (primary N) is 1. The Morgan fingerprint density at radius 1 is 1.50 bits per heavy atom. The van der Waals surface area contributed by atoms with Crippen molar-refractivity contribution in [3.05, 3.63) is 0 Å². The fraction of sp³-hybridized carbons (Fsp3) is 0.909. The molecule has 2 unspecified atom stereocenters. The van der Waals surface area contributed by atoms with Crippen LogP contribution in [0.25, 0.3) is 0 Å². The van der Waals surface area contributed by atoms with Gasteiger partial charge in [-0.25, -0.2) is 0 Å². The molecule has 0 aromatic heterocycles. The van der Waals surface area contributed by atoms with Gasteiger partial charge in [0.2, 0.25) is 5.91 Å². The molecule has 2 atom stereocenters. The smallest absolute Gasteiger partial charge is 0.234 e. The average Bonchev–Trinajstić information content (AvgIpc) is 2.31. The molecular weight excluding hydrogens is 206 g/mol. The molecule has 0 aromatic rings. The van der Waals surface area contributed by atoms with Crippen LogP contribution in [0.4, 0.5) is 0 Å². The molecule has 0 radical (unpaired) electrons. The maximum atomic E-state index is 11.3. The van der Waals surface area contributed by atoms with E-state index in [2.05, 4.69) is 10.2 Å². The summed E-state index contributed by atoms with van der Waals surface area (Å²) in [5, 5.41) is 3.30. The molecule has 0 aromatic carbocycles. The maximum Gasteiger partial charge on any atom is 0.234 e. The molecule has 0 bridgehead atoms. The maximum absolute atomic E-state index is 11.3. The van der Waals surface area contributed by atoms with Gasteiger partial charge >= 0.3 is 0 Å². The summed E-state index contributed by atoms with van der Waals surface area (Å²) in [5.41, 5.74) is 5.43. The Morgan fingerprint density at radius 3 is 3.06 bits per heavy atom. The number of hydrogen-bond acceptors (Lipinski definition) is 4. The molecule has 2 aliphatic heterocycles. The molecule has 3 N–H and O–H groups in total. The number of piperidine rings is 1. The second kappa shape index (κ2) is 5.61. The first-order valence-corrected chi connectivity index (χ1v) is 6.13. The Bertz CT molecular complexity index is 241. The number of rotatable bonds is 3. The number of nitrogens with one attached hydrogen (secondary N) is 1. The van der Waals surface area contributed by atoms with Crippen molar-refractivity contribution in [2.75, 3.05) is 32.8 Å². The first kappa shape index (κ1) is 11.8. The van der Waals surface area contributed by atoms with Gasteiger partial charge in [-0.15, -0.1) is 0 Å². The molecule has 2 saturated heterocycles. The van der Waals surface area contributed by atoms with Crippen molar-refractivity contribution >= 4 is 5.91 Å². The van der Waals surface area contributed by atoms with Crippen molar-refractivity contribution in [3.8, 4) is 0 Å². The molecule has 1 amide bonds. The summed E-state index contributed by atoms with van der Waals surface area (Å²) in [6.45, 7) is 4.35. The van der Waals surface area contributed by atoms with Crippen molar-refractivity contribution < 1.29 is 9.53 Å². The number of morpholine rings is 1. The topological polar surface area (TPSA) is 67.6 Å². The van der Waals surface area contributed by atoms with E-state index >= 15 is 0 Å². The van der Waals surface area contributed by atoms with Crippen molar-refractivity contribution in [2.45, 2.75) is 31.4 Å². The Kier molecular flexibility index (Phi) is 4.15. The summed E-state index contributed by atoms with van der Waals surface area (Å²) < 4.78 is 5.65. The minimum Gasteiger partial charge on any atom is -0.374 e. The van der Waals surface area contributed by atoms with Crippen molar-refractivity contribution in [1.29, 1.82) is 0 Å². The summed E-state index contributed by atoms with van der Waals surface area (Å²) in [6, 6.07) is -0.0840. The van der Waals surface area contributed by atoms with Crippen LogP contribution in [0.3, 0.4) is 0 Å². The van der Waals surface area contributed by atoms with Crippen LogP contribution in [-0.2, 0) is 9.53 Å². The lowest BCUT2D eigenvalue weighted by atomic mass is 10.0. The summed E-state index contributed by atoms with van der Waals surface area (Å²) in [4.78, 5) is 13.5. The highest BCUT2D eigenvalue weighted by atomic mass is 16.5. The van der Waals surface area contributed by atoms with E-state index in [1.54, 1.807) is 0 Å². The number of hydrogen-bond donors (Lipinski definition) is 2. The molecule has 2 fully saturated rings. The molecule has 0 saturated carbocycles. The number of nitrogens with zero attached hydrogens (tertiary/aromatic N) is 1. The van der Waals surface area contributed by atoms with Crippen LogP contribution in [0.5, 0.6) is 0 Å². The molecule has 2 heterocycles. The van der Waals surface area contributed by atoms with Gasteiger partial charge < -0.3 is 15.8 Å². The van der Waals surface area contributed by atoms with Gasteiger partial charge in [-0.1, -0.05) is 6.42 Å². The molecular formula is C11H21N3O2. The van der Waals surface area contributed by atoms with Gasteiger partial charge in [0.1, 0.15) is 0 Å². The zero-order valence-electron chi connectivity index (χ0n) is 9.65. The van der Waals surface area contributed by atoms with Gasteiger partial charge in [0.05, 0.1) is 18.8 Å². The molecule has 5 nitrogen and oxygen atoms in total. The molecule has 0 spiro atoms. The van der Waals surface area contributed by atoms with Crippen LogP contribution in [0.2, 0.25) is 0 Å². The van der Waals surface area contributed by atoms with Crippen molar-refractivity contribution in [1.82, 2.24) is 10.2 Å². The third-order valence-electron chi connectivity index (χ3n) is 3.38. The monoisotopic (exact) mass is 227 g/mol. The number of amides is 1. The van der Waals surface area contributed by atoms with Crippen LogP contribution in [0.15, 0.2) is 0 Å². The highest BCUT2D eigenvalue weighted by Gasteiger charge is 2.29. The summed E-state index contributed by atoms with van der Waals surface area (Å²) in [5.74, 6) is -0.191. The Labute approximate surface area is 96.3 Å². The normalized spacial score (nSPS) is 32.5. The predicted molar refractivity (Wildman–Crippen MR) is 61.0 cm³/mol. The first-order chi connectivity index (χ1) is 7.77. The third kappa shape index (κ3) is 2.93. The summed E-state index contributed by atoms with van der Waals surface area (Å²) >= 11 is 0. The summed E-state index contributed by atoms with van der Waals surface area (Å²) in [7, 11) is 0. The number of primary amides is 1. The second-order valence-corrected chi connectivity index (χ2v) is 4.61. The average molecular weight is 227 g/mol. The largest absolute Gasteiger partial charge is 0.374 e. The fourth-order valence-electron chi connectivity index (χ4n) is 2.53.